The fourth-order valence-corrected chi connectivity index (χ4v) is 3.20. The Bertz CT molecular complexity index is 426. The van der Waals surface area contributed by atoms with Crippen LogP contribution in [0, 0.1) is 13.8 Å². The summed E-state index contributed by atoms with van der Waals surface area (Å²) in [5.74, 6) is 0.154. The van der Waals surface area contributed by atoms with E-state index in [2.05, 4.69) is 24.1 Å². The Kier molecular flexibility index (Phi) is 5.94. The summed E-state index contributed by atoms with van der Waals surface area (Å²) < 4.78 is 0. The van der Waals surface area contributed by atoms with Crippen LogP contribution >= 0.6 is 11.3 Å². The minimum atomic E-state index is -0.184. The SMILES string of the molecule is CCN(CC)C(=O)C(C)NC(C)c1nc(C)sc1C. The lowest BCUT2D eigenvalue weighted by atomic mass is 10.1. The van der Waals surface area contributed by atoms with E-state index >= 15 is 0 Å². The van der Waals surface area contributed by atoms with Gasteiger partial charge in [0.15, 0.2) is 0 Å². The summed E-state index contributed by atoms with van der Waals surface area (Å²) in [6, 6.07) is -0.0873. The molecule has 1 rings (SSSR count). The Labute approximate surface area is 120 Å². The first-order valence-electron chi connectivity index (χ1n) is 6.89. The van der Waals surface area contributed by atoms with Crippen molar-refractivity contribution in [3.05, 3.63) is 15.6 Å². The summed E-state index contributed by atoms with van der Waals surface area (Å²) in [5, 5.41) is 4.43. The molecular weight excluding hydrogens is 258 g/mol. The van der Waals surface area contributed by atoms with Crippen LogP contribution in [0.3, 0.4) is 0 Å². The molecule has 0 fully saturated rings. The number of amides is 1. The van der Waals surface area contributed by atoms with Crippen molar-refractivity contribution >= 4 is 17.2 Å². The molecule has 0 aromatic carbocycles. The zero-order valence-corrected chi connectivity index (χ0v) is 13.6. The summed E-state index contributed by atoms with van der Waals surface area (Å²) in [6.45, 7) is 13.6. The molecule has 0 saturated heterocycles. The molecule has 1 aromatic heterocycles. The molecular formula is C14H25N3OS. The maximum absolute atomic E-state index is 12.2. The van der Waals surface area contributed by atoms with Gasteiger partial charge in [-0.25, -0.2) is 4.98 Å². The van der Waals surface area contributed by atoms with Crippen molar-refractivity contribution < 1.29 is 4.79 Å². The number of likely N-dealkylation sites (N-methyl/N-ethyl adjacent to an activating group) is 1. The number of carbonyl (C=O) groups excluding carboxylic acids is 1. The molecule has 5 heteroatoms. The van der Waals surface area contributed by atoms with Gasteiger partial charge in [0.1, 0.15) is 0 Å². The van der Waals surface area contributed by atoms with Crippen molar-refractivity contribution in [1.82, 2.24) is 15.2 Å². The first-order valence-corrected chi connectivity index (χ1v) is 7.71. The maximum Gasteiger partial charge on any atom is 0.239 e. The number of carbonyl (C=O) groups is 1. The third-order valence-electron chi connectivity index (χ3n) is 3.30. The van der Waals surface area contributed by atoms with Gasteiger partial charge in [0, 0.05) is 24.0 Å². The first kappa shape index (κ1) is 16.1. The smallest absolute Gasteiger partial charge is 0.239 e. The van der Waals surface area contributed by atoms with Gasteiger partial charge >= 0.3 is 0 Å². The Balaban J connectivity index is 2.68. The molecule has 19 heavy (non-hydrogen) atoms. The molecule has 108 valence electrons. The third kappa shape index (κ3) is 4.01. The zero-order valence-electron chi connectivity index (χ0n) is 12.8. The monoisotopic (exact) mass is 283 g/mol. The van der Waals surface area contributed by atoms with Gasteiger partial charge in [-0.2, -0.15) is 0 Å². The molecule has 1 amide bonds. The highest BCUT2D eigenvalue weighted by molar-refractivity contribution is 7.11. The van der Waals surface area contributed by atoms with E-state index in [0.717, 1.165) is 23.8 Å². The second kappa shape index (κ2) is 7.01. The van der Waals surface area contributed by atoms with E-state index in [1.54, 1.807) is 11.3 Å². The van der Waals surface area contributed by atoms with Crippen molar-refractivity contribution in [2.75, 3.05) is 13.1 Å². The van der Waals surface area contributed by atoms with E-state index in [-0.39, 0.29) is 18.0 Å². The quantitative estimate of drug-likeness (QED) is 0.873. The molecule has 4 nitrogen and oxygen atoms in total. The van der Waals surface area contributed by atoms with Crippen molar-refractivity contribution in [3.63, 3.8) is 0 Å². The molecule has 0 spiro atoms. The number of hydrogen-bond acceptors (Lipinski definition) is 4. The summed E-state index contributed by atoms with van der Waals surface area (Å²) in [7, 11) is 0. The molecule has 0 aliphatic rings. The number of nitrogens with one attached hydrogen (secondary N) is 1. The van der Waals surface area contributed by atoms with Crippen molar-refractivity contribution in [3.8, 4) is 0 Å². The van der Waals surface area contributed by atoms with E-state index in [4.69, 9.17) is 0 Å². The lowest BCUT2D eigenvalue weighted by molar-refractivity contribution is -0.132. The molecule has 0 saturated carbocycles. The van der Waals surface area contributed by atoms with E-state index in [1.807, 2.05) is 32.6 Å². The average Bonchev–Trinajstić information content (AvgIpc) is 2.69. The standard InChI is InChI=1S/C14H25N3OS/c1-7-17(8-2)14(18)10(4)15-9(3)13-11(5)19-12(6)16-13/h9-10,15H,7-8H2,1-6H3. The fourth-order valence-electron chi connectivity index (χ4n) is 2.28. The highest BCUT2D eigenvalue weighted by Crippen LogP contribution is 2.22. The Morgan fingerprint density at radius 2 is 1.89 bits per heavy atom. The van der Waals surface area contributed by atoms with Gasteiger partial charge in [0.2, 0.25) is 5.91 Å². The van der Waals surface area contributed by atoms with E-state index in [9.17, 15) is 4.79 Å². The molecule has 0 aliphatic carbocycles. The topological polar surface area (TPSA) is 45.2 Å². The van der Waals surface area contributed by atoms with Crippen molar-refractivity contribution in [1.29, 1.82) is 0 Å². The van der Waals surface area contributed by atoms with Gasteiger partial charge in [-0.15, -0.1) is 11.3 Å². The van der Waals surface area contributed by atoms with Gasteiger partial charge in [-0.05, 0) is 41.5 Å². The molecule has 0 radical (unpaired) electrons. The second-order valence-corrected chi connectivity index (χ2v) is 6.20. The summed E-state index contributed by atoms with van der Waals surface area (Å²) in [6.07, 6.45) is 0. The number of nitrogens with zero attached hydrogens (tertiary/aromatic N) is 2. The van der Waals surface area contributed by atoms with Crippen LogP contribution in [0.5, 0.6) is 0 Å². The lowest BCUT2D eigenvalue weighted by Gasteiger charge is -2.25. The Morgan fingerprint density at radius 1 is 1.32 bits per heavy atom. The predicted molar refractivity (Wildman–Crippen MR) is 80.5 cm³/mol. The minimum Gasteiger partial charge on any atom is -0.342 e. The lowest BCUT2D eigenvalue weighted by Crippen LogP contribution is -2.45. The van der Waals surface area contributed by atoms with Crippen LogP contribution in [0.15, 0.2) is 0 Å². The summed E-state index contributed by atoms with van der Waals surface area (Å²) in [5.41, 5.74) is 1.06. The van der Waals surface area contributed by atoms with Gasteiger partial charge in [-0.3, -0.25) is 10.1 Å². The van der Waals surface area contributed by atoms with Gasteiger partial charge in [0.25, 0.3) is 0 Å². The molecule has 1 aromatic rings. The van der Waals surface area contributed by atoms with Crippen LogP contribution in [0.1, 0.15) is 49.3 Å². The molecule has 0 bridgehead atoms. The van der Waals surface area contributed by atoms with Crippen LogP contribution < -0.4 is 5.32 Å². The largest absolute Gasteiger partial charge is 0.342 e. The zero-order chi connectivity index (χ0) is 14.6. The molecule has 2 atom stereocenters. The number of thiazole rings is 1. The number of hydrogen-bond donors (Lipinski definition) is 1. The van der Waals surface area contributed by atoms with Gasteiger partial charge in [0.05, 0.1) is 16.7 Å². The second-order valence-electron chi connectivity index (χ2n) is 4.79. The maximum atomic E-state index is 12.2. The number of rotatable bonds is 6. The van der Waals surface area contributed by atoms with Gasteiger partial charge in [-0.1, -0.05) is 0 Å². The summed E-state index contributed by atoms with van der Waals surface area (Å²) in [4.78, 5) is 19.8. The summed E-state index contributed by atoms with van der Waals surface area (Å²) >= 11 is 1.70. The molecule has 1 heterocycles. The predicted octanol–water partition coefficient (Wildman–Crippen LogP) is 2.67. The Morgan fingerprint density at radius 3 is 2.32 bits per heavy atom. The van der Waals surface area contributed by atoms with Gasteiger partial charge < -0.3 is 4.90 Å². The highest BCUT2D eigenvalue weighted by atomic mass is 32.1. The van der Waals surface area contributed by atoms with Crippen LogP contribution in [0.25, 0.3) is 0 Å². The Hall–Kier alpha value is -0.940. The normalized spacial score (nSPS) is 14.2. The van der Waals surface area contributed by atoms with Crippen LogP contribution in [0.4, 0.5) is 0 Å². The van der Waals surface area contributed by atoms with Crippen LogP contribution in [-0.4, -0.2) is 34.9 Å². The average molecular weight is 283 g/mol. The van der Waals surface area contributed by atoms with Crippen LogP contribution in [0.2, 0.25) is 0 Å². The highest BCUT2D eigenvalue weighted by Gasteiger charge is 2.22. The van der Waals surface area contributed by atoms with E-state index < -0.39 is 0 Å². The van der Waals surface area contributed by atoms with Crippen molar-refractivity contribution in [2.24, 2.45) is 0 Å². The van der Waals surface area contributed by atoms with E-state index in [1.165, 1.54) is 4.88 Å². The number of aryl methyl sites for hydroxylation is 2. The fraction of sp³-hybridized carbons (Fsp3) is 0.714. The molecule has 2 unspecified atom stereocenters. The third-order valence-corrected chi connectivity index (χ3v) is 4.20. The van der Waals surface area contributed by atoms with E-state index in [0.29, 0.717) is 0 Å². The number of aromatic nitrogens is 1. The molecule has 0 aliphatic heterocycles. The van der Waals surface area contributed by atoms with Crippen LogP contribution in [-0.2, 0) is 4.79 Å². The first-order chi connectivity index (χ1) is 8.90. The minimum absolute atomic E-state index is 0.0967. The molecule has 1 N–H and O–H groups in total. The van der Waals surface area contributed by atoms with Crippen molar-refractivity contribution in [2.45, 2.75) is 53.6 Å².